The minimum atomic E-state index is 0.0531. The van der Waals surface area contributed by atoms with Gasteiger partial charge < -0.3 is 5.32 Å². The van der Waals surface area contributed by atoms with Crippen LogP contribution in [0.5, 0.6) is 0 Å². The number of allylic oxidation sites excluding steroid dienone is 1. The fourth-order valence-corrected chi connectivity index (χ4v) is 2.54. The molecule has 0 aliphatic rings. The van der Waals surface area contributed by atoms with Crippen molar-refractivity contribution in [3.05, 3.63) is 33.5 Å². The molecule has 0 saturated carbocycles. The summed E-state index contributed by atoms with van der Waals surface area (Å²) in [5.74, 6) is 0.0531. The van der Waals surface area contributed by atoms with Crippen LogP contribution in [0, 0.1) is 6.92 Å². The molecule has 0 bridgehead atoms. The minimum Gasteiger partial charge on any atom is -0.351 e. The van der Waals surface area contributed by atoms with Gasteiger partial charge in [0.1, 0.15) is 0 Å². The highest BCUT2D eigenvalue weighted by atomic mass is 32.1. The van der Waals surface area contributed by atoms with Crippen molar-refractivity contribution in [3.8, 4) is 0 Å². The number of nitrogens with one attached hydrogen (secondary N) is 1. The molecule has 0 aliphatic heterocycles. The van der Waals surface area contributed by atoms with Gasteiger partial charge in [0, 0.05) is 11.4 Å². The predicted molar refractivity (Wildman–Crippen MR) is 70.2 cm³/mol. The molecule has 0 atom stereocenters. The molecule has 1 amide bonds. The third-order valence-corrected chi connectivity index (χ3v) is 3.55. The number of hydrogen-bond donors (Lipinski definition) is 1. The molecule has 1 aromatic heterocycles. The maximum Gasteiger partial charge on any atom is 0.261 e. The van der Waals surface area contributed by atoms with E-state index in [9.17, 15) is 4.79 Å². The van der Waals surface area contributed by atoms with Crippen LogP contribution in [-0.4, -0.2) is 12.5 Å². The monoisotopic (exact) mass is 237 g/mol. The zero-order valence-corrected chi connectivity index (χ0v) is 11.0. The van der Waals surface area contributed by atoms with Crippen molar-refractivity contribution in [2.24, 2.45) is 0 Å². The summed E-state index contributed by atoms with van der Waals surface area (Å²) in [6, 6.07) is 2.00. The Bertz CT molecular complexity index is 379. The number of hydrogen-bond acceptors (Lipinski definition) is 2. The summed E-state index contributed by atoms with van der Waals surface area (Å²) < 4.78 is 0. The second-order valence-corrected chi connectivity index (χ2v) is 4.92. The van der Waals surface area contributed by atoms with Gasteiger partial charge in [0.15, 0.2) is 0 Å². The lowest BCUT2D eigenvalue weighted by molar-refractivity contribution is 0.0958. The lowest BCUT2D eigenvalue weighted by Gasteiger charge is -1.99. The van der Waals surface area contributed by atoms with Gasteiger partial charge in [-0.1, -0.05) is 19.1 Å². The molecule has 2 nitrogen and oxygen atoms in total. The van der Waals surface area contributed by atoms with Gasteiger partial charge in [0.05, 0.1) is 4.88 Å². The summed E-state index contributed by atoms with van der Waals surface area (Å²) in [4.78, 5) is 13.8. The van der Waals surface area contributed by atoms with Gasteiger partial charge in [0.2, 0.25) is 0 Å². The fraction of sp³-hybridized carbons (Fsp3) is 0.462. The Kier molecular flexibility index (Phi) is 5.26. The number of amides is 1. The van der Waals surface area contributed by atoms with Crippen LogP contribution in [0.1, 0.15) is 40.4 Å². The van der Waals surface area contributed by atoms with Crippen molar-refractivity contribution in [2.45, 2.75) is 33.6 Å². The number of rotatable bonds is 5. The molecule has 0 saturated heterocycles. The average molecular weight is 237 g/mol. The van der Waals surface area contributed by atoms with E-state index in [1.54, 1.807) is 11.3 Å². The van der Waals surface area contributed by atoms with E-state index in [2.05, 4.69) is 25.2 Å². The van der Waals surface area contributed by atoms with Gasteiger partial charge in [-0.05, 0) is 38.3 Å². The largest absolute Gasteiger partial charge is 0.351 e. The second kappa shape index (κ2) is 6.48. The average Bonchev–Trinajstić information content (AvgIpc) is 2.66. The molecule has 1 rings (SSSR count). The van der Waals surface area contributed by atoms with Crippen molar-refractivity contribution in [2.75, 3.05) is 6.54 Å². The lowest BCUT2D eigenvalue weighted by atomic mass is 10.2. The first kappa shape index (κ1) is 13.0. The van der Waals surface area contributed by atoms with Gasteiger partial charge >= 0.3 is 0 Å². The summed E-state index contributed by atoms with van der Waals surface area (Å²) in [5.41, 5.74) is 1.28. The standard InChI is InChI=1S/C13H19NOS/c1-4-6-7-8-14-13(15)12-9-11(5-2)10(3)16-12/h4,6,9H,5,7-8H2,1-3H3,(H,14,15)/b6-4+. The highest BCUT2D eigenvalue weighted by Gasteiger charge is 2.10. The maximum absolute atomic E-state index is 11.8. The Morgan fingerprint density at radius 1 is 1.56 bits per heavy atom. The summed E-state index contributed by atoms with van der Waals surface area (Å²) in [6.45, 7) is 6.88. The highest BCUT2D eigenvalue weighted by molar-refractivity contribution is 7.14. The third-order valence-electron chi connectivity index (χ3n) is 2.46. The summed E-state index contributed by atoms with van der Waals surface area (Å²) in [6.07, 6.45) is 5.94. The van der Waals surface area contributed by atoms with Crippen LogP contribution < -0.4 is 5.32 Å². The van der Waals surface area contributed by atoms with Crippen LogP contribution in [-0.2, 0) is 6.42 Å². The van der Waals surface area contributed by atoms with Crippen LogP contribution in [0.15, 0.2) is 18.2 Å². The van der Waals surface area contributed by atoms with E-state index in [0.29, 0.717) is 6.54 Å². The second-order valence-electron chi connectivity index (χ2n) is 3.66. The van der Waals surface area contributed by atoms with Crippen molar-refractivity contribution in [1.82, 2.24) is 5.32 Å². The van der Waals surface area contributed by atoms with Gasteiger partial charge in [0.25, 0.3) is 5.91 Å². The molecule has 88 valence electrons. The van der Waals surface area contributed by atoms with E-state index in [1.165, 1.54) is 10.4 Å². The van der Waals surface area contributed by atoms with Gasteiger partial charge in [-0.3, -0.25) is 4.79 Å². The van der Waals surface area contributed by atoms with Crippen LogP contribution in [0.3, 0.4) is 0 Å². The molecular formula is C13H19NOS. The number of carbonyl (C=O) groups is 1. The molecule has 0 aromatic carbocycles. The van der Waals surface area contributed by atoms with E-state index < -0.39 is 0 Å². The molecule has 3 heteroatoms. The van der Waals surface area contributed by atoms with Crippen LogP contribution in [0.25, 0.3) is 0 Å². The van der Waals surface area contributed by atoms with E-state index in [4.69, 9.17) is 0 Å². The van der Waals surface area contributed by atoms with Crippen molar-refractivity contribution < 1.29 is 4.79 Å². The first-order valence-corrected chi connectivity index (χ1v) is 6.49. The Labute approximate surface area is 101 Å². The quantitative estimate of drug-likeness (QED) is 0.618. The Balaban J connectivity index is 2.52. The lowest BCUT2D eigenvalue weighted by Crippen LogP contribution is -2.23. The highest BCUT2D eigenvalue weighted by Crippen LogP contribution is 2.21. The molecule has 0 aliphatic carbocycles. The number of thiophene rings is 1. The molecular weight excluding hydrogens is 218 g/mol. The fourth-order valence-electron chi connectivity index (χ4n) is 1.51. The van der Waals surface area contributed by atoms with Crippen molar-refractivity contribution in [1.29, 1.82) is 0 Å². The smallest absolute Gasteiger partial charge is 0.261 e. The summed E-state index contributed by atoms with van der Waals surface area (Å²) in [5, 5.41) is 2.92. The van der Waals surface area contributed by atoms with E-state index in [-0.39, 0.29) is 5.91 Å². The number of aryl methyl sites for hydroxylation is 2. The van der Waals surface area contributed by atoms with Gasteiger partial charge in [-0.2, -0.15) is 0 Å². The maximum atomic E-state index is 11.8. The third kappa shape index (κ3) is 3.49. The number of carbonyl (C=O) groups excluding carboxylic acids is 1. The molecule has 0 fully saturated rings. The molecule has 1 heterocycles. The molecule has 16 heavy (non-hydrogen) atoms. The first-order valence-electron chi connectivity index (χ1n) is 5.67. The summed E-state index contributed by atoms with van der Waals surface area (Å²) in [7, 11) is 0. The molecule has 1 aromatic rings. The minimum absolute atomic E-state index is 0.0531. The van der Waals surface area contributed by atoms with E-state index in [0.717, 1.165) is 17.7 Å². The van der Waals surface area contributed by atoms with Crippen LogP contribution in [0.2, 0.25) is 0 Å². The topological polar surface area (TPSA) is 29.1 Å². The van der Waals surface area contributed by atoms with Crippen molar-refractivity contribution >= 4 is 17.2 Å². The van der Waals surface area contributed by atoms with Gasteiger partial charge in [-0.25, -0.2) is 0 Å². The van der Waals surface area contributed by atoms with Crippen molar-refractivity contribution in [3.63, 3.8) is 0 Å². The van der Waals surface area contributed by atoms with E-state index >= 15 is 0 Å². The van der Waals surface area contributed by atoms with E-state index in [1.807, 2.05) is 19.1 Å². The van der Waals surface area contributed by atoms with Crippen LogP contribution in [0.4, 0.5) is 0 Å². The Morgan fingerprint density at radius 3 is 2.88 bits per heavy atom. The molecule has 0 spiro atoms. The SMILES string of the molecule is C/C=C/CCNC(=O)c1cc(CC)c(C)s1. The predicted octanol–water partition coefficient (Wildman–Crippen LogP) is 3.31. The Hall–Kier alpha value is -1.09. The normalized spacial score (nSPS) is 10.9. The van der Waals surface area contributed by atoms with Gasteiger partial charge in [-0.15, -0.1) is 11.3 Å². The zero-order chi connectivity index (χ0) is 12.0. The zero-order valence-electron chi connectivity index (χ0n) is 10.2. The molecule has 0 radical (unpaired) electrons. The Morgan fingerprint density at radius 2 is 2.31 bits per heavy atom. The summed E-state index contributed by atoms with van der Waals surface area (Å²) >= 11 is 1.58. The molecule has 0 unspecified atom stereocenters. The first-order chi connectivity index (χ1) is 7.69. The molecule has 1 N–H and O–H groups in total. The van der Waals surface area contributed by atoms with Crippen LogP contribution >= 0.6 is 11.3 Å².